The number of nitrogens with one attached hydrogen (secondary N) is 1. The maximum absolute atomic E-state index is 12.9. The van der Waals surface area contributed by atoms with E-state index in [0.717, 1.165) is 24.0 Å². The first-order valence-corrected chi connectivity index (χ1v) is 11.6. The minimum absolute atomic E-state index is 0.142. The van der Waals surface area contributed by atoms with Crippen molar-refractivity contribution in [1.82, 2.24) is 5.32 Å². The largest absolute Gasteiger partial charge is 0.497 e. The monoisotopic (exact) mass is 430 g/mol. The Morgan fingerprint density at radius 2 is 1.73 bits per heavy atom. The average Bonchev–Trinajstić information content (AvgIpc) is 2.70. The lowest BCUT2D eigenvalue weighted by Crippen LogP contribution is -2.31. The highest BCUT2D eigenvalue weighted by Gasteiger charge is 2.19. The van der Waals surface area contributed by atoms with Gasteiger partial charge in [-0.15, -0.1) is 6.58 Å². The molecule has 0 aliphatic rings. The van der Waals surface area contributed by atoms with Crippen molar-refractivity contribution in [2.24, 2.45) is 5.92 Å². The third kappa shape index (κ3) is 6.35. The van der Waals surface area contributed by atoms with E-state index in [2.05, 4.69) is 25.7 Å². The molecule has 2 aromatic rings. The van der Waals surface area contributed by atoms with Crippen LogP contribution in [-0.2, 0) is 10.0 Å². The molecule has 0 aliphatic heterocycles. The second-order valence-corrected chi connectivity index (χ2v) is 9.47. The van der Waals surface area contributed by atoms with Crippen LogP contribution >= 0.6 is 0 Å². The van der Waals surface area contributed by atoms with Gasteiger partial charge in [0, 0.05) is 5.56 Å². The Balaban J connectivity index is 2.21. The lowest BCUT2D eigenvalue weighted by Gasteiger charge is -2.22. The fraction of sp³-hybridized carbons (Fsp3) is 0.348. The molecule has 0 bridgehead atoms. The van der Waals surface area contributed by atoms with E-state index in [9.17, 15) is 13.2 Å². The van der Waals surface area contributed by atoms with Crippen LogP contribution in [0.25, 0.3) is 0 Å². The molecule has 0 fully saturated rings. The Morgan fingerprint density at radius 1 is 1.13 bits per heavy atom. The van der Waals surface area contributed by atoms with Crippen LogP contribution in [0.15, 0.2) is 61.2 Å². The summed E-state index contributed by atoms with van der Waals surface area (Å²) in [5.74, 6) is 0.943. The van der Waals surface area contributed by atoms with E-state index in [1.54, 1.807) is 31.4 Å². The number of methoxy groups -OCH3 is 1. The van der Waals surface area contributed by atoms with Crippen molar-refractivity contribution < 1.29 is 17.9 Å². The molecule has 0 saturated carbocycles. The van der Waals surface area contributed by atoms with Gasteiger partial charge in [-0.3, -0.25) is 9.10 Å². The van der Waals surface area contributed by atoms with Crippen LogP contribution in [0, 0.1) is 5.92 Å². The van der Waals surface area contributed by atoms with Crippen LogP contribution < -0.4 is 14.4 Å². The summed E-state index contributed by atoms with van der Waals surface area (Å²) in [4.78, 5) is 12.9. The Labute approximate surface area is 179 Å². The van der Waals surface area contributed by atoms with Gasteiger partial charge in [0.05, 0.1) is 31.6 Å². The first-order valence-electron chi connectivity index (χ1n) is 9.79. The predicted molar refractivity (Wildman–Crippen MR) is 121 cm³/mol. The number of ether oxygens (including phenoxy) is 1. The number of benzene rings is 2. The van der Waals surface area contributed by atoms with Gasteiger partial charge in [-0.2, -0.15) is 0 Å². The van der Waals surface area contributed by atoms with Gasteiger partial charge in [0.1, 0.15) is 5.75 Å². The number of hydrogen-bond acceptors (Lipinski definition) is 4. The van der Waals surface area contributed by atoms with Crippen LogP contribution in [0.3, 0.4) is 0 Å². The van der Waals surface area contributed by atoms with Crippen molar-refractivity contribution in [3.63, 3.8) is 0 Å². The van der Waals surface area contributed by atoms with E-state index in [-0.39, 0.29) is 18.5 Å². The van der Waals surface area contributed by atoms with Crippen molar-refractivity contribution >= 4 is 21.6 Å². The zero-order chi connectivity index (χ0) is 22.3. The molecule has 30 heavy (non-hydrogen) atoms. The summed E-state index contributed by atoms with van der Waals surface area (Å²) >= 11 is 0. The molecule has 2 rings (SSSR count). The molecule has 0 saturated heterocycles. The Bertz CT molecular complexity index is 952. The quantitative estimate of drug-likeness (QED) is 0.574. The second kappa shape index (κ2) is 10.3. The summed E-state index contributed by atoms with van der Waals surface area (Å²) < 4.78 is 30.4. The highest BCUT2D eigenvalue weighted by atomic mass is 32.2. The number of anilines is 1. The van der Waals surface area contributed by atoms with Gasteiger partial charge >= 0.3 is 0 Å². The van der Waals surface area contributed by atoms with Gasteiger partial charge in [0.2, 0.25) is 10.0 Å². The molecule has 162 valence electrons. The SMILES string of the molecule is C=CCN(c1ccc(C(=O)N[C@H](CC(C)C)c2ccc(OC)cc2)cc1)S(C)(=O)=O. The van der Waals surface area contributed by atoms with Crippen LogP contribution in [-0.4, -0.2) is 34.2 Å². The minimum Gasteiger partial charge on any atom is -0.497 e. The fourth-order valence-corrected chi connectivity index (χ4v) is 4.04. The molecule has 0 aromatic heterocycles. The lowest BCUT2D eigenvalue weighted by molar-refractivity contribution is 0.0932. The van der Waals surface area contributed by atoms with Gasteiger partial charge in [-0.05, 0) is 54.3 Å². The molecule has 0 aliphatic carbocycles. The summed E-state index contributed by atoms with van der Waals surface area (Å²) in [7, 11) is -1.82. The highest BCUT2D eigenvalue weighted by molar-refractivity contribution is 7.92. The number of amides is 1. The third-order valence-electron chi connectivity index (χ3n) is 4.64. The molecule has 0 spiro atoms. The highest BCUT2D eigenvalue weighted by Crippen LogP contribution is 2.25. The second-order valence-electron chi connectivity index (χ2n) is 7.56. The predicted octanol–water partition coefficient (Wildman–Crippen LogP) is 4.16. The third-order valence-corrected chi connectivity index (χ3v) is 5.80. The topological polar surface area (TPSA) is 75.7 Å². The van der Waals surface area contributed by atoms with E-state index in [0.29, 0.717) is 17.2 Å². The molecular weight excluding hydrogens is 400 g/mol. The Kier molecular flexibility index (Phi) is 8.06. The number of nitrogens with zero attached hydrogens (tertiary/aromatic N) is 1. The number of carbonyl (C=O) groups excluding carboxylic acids is 1. The summed E-state index contributed by atoms with van der Waals surface area (Å²) in [6.45, 7) is 7.98. The van der Waals surface area contributed by atoms with Gasteiger partial charge in [-0.25, -0.2) is 8.42 Å². The molecule has 0 heterocycles. The Morgan fingerprint density at radius 3 is 2.20 bits per heavy atom. The first kappa shape index (κ1) is 23.5. The molecule has 1 N–H and O–H groups in total. The number of rotatable bonds is 10. The van der Waals surface area contributed by atoms with Crippen molar-refractivity contribution in [3.8, 4) is 5.75 Å². The molecule has 7 heteroatoms. The molecule has 1 atom stereocenters. The van der Waals surface area contributed by atoms with E-state index >= 15 is 0 Å². The number of hydrogen-bond donors (Lipinski definition) is 1. The zero-order valence-electron chi connectivity index (χ0n) is 18.0. The Hall–Kier alpha value is -2.80. The summed E-state index contributed by atoms with van der Waals surface area (Å²) in [5, 5.41) is 3.09. The van der Waals surface area contributed by atoms with Gasteiger partial charge in [0.25, 0.3) is 5.91 Å². The van der Waals surface area contributed by atoms with E-state index < -0.39 is 10.0 Å². The molecule has 2 aromatic carbocycles. The normalized spacial score (nSPS) is 12.3. The van der Waals surface area contributed by atoms with Crippen LogP contribution in [0.1, 0.15) is 42.2 Å². The summed E-state index contributed by atoms with van der Waals surface area (Å²) in [6, 6.07) is 14.0. The standard InChI is InChI=1S/C23H30N2O4S/c1-6-15-25(30(5,27)28)20-11-7-19(8-12-20)23(26)24-22(16-17(2)3)18-9-13-21(29-4)14-10-18/h6-14,17,22H,1,15-16H2,2-5H3,(H,24,26)/t22-/m1/s1. The van der Waals surface area contributed by atoms with Crippen LogP contribution in [0.5, 0.6) is 5.75 Å². The van der Waals surface area contributed by atoms with Crippen molar-refractivity contribution in [1.29, 1.82) is 0 Å². The molecular formula is C23H30N2O4S. The molecule has 6 nitrogen and oxygen atoms in total. The molecule has 0 radical (unpaired) electrons. The summed E-state index contributed by atoms with van der Waals surface area (Å²) in [5.41, 5.74) is 1.96. The lowest BCUT2D eigenvalue weighted by atomic mass is 9.96. The van der Waals surface area contributed by atoms with Crippen molar-refractivity contribution in [2.75, 3.05) is 24.2 Å². The molecule has 0 unspecified atom stereocenters. The number of carbonyl (C=O) groups is 1. The van der Waals surface area contributed by atoms with Gasteiger partial charge in [-0.1, -0.05) is 32.1 Å². The van der Waals surface area contributed by atoms with Gasteiger partial charge < -0.3 is 10.1 Å². The van der Waals surface area contributed by atoms with E-state index in [1.165, 1.54) is 10.4 Å². The van der Waals surface area contributed by atoms with Crippen molar-refractivity contribution in [3.05, 3.63) is 72.3 Å². The van der Waals surface area contributed by atoms with E-state index in [1.807, 2.05) is 24.3 Å². The maximum atomic E-state index is 12.9. The first-order chi connectivity index (χ1) is 14.2. The average molecular weight is 431 g/mol. The molecule has 1 amide bonds. The maximum Gasteiger partial charge on any atom is 0.251 e. The smallest absolute Gasteiger partial charge is 0.251 e. The van der Waals surface area contributed by atoms with Crippen LogP contribution in [0.4, 0.5) is 5.69 Å². The number of sulfonamides is 1. The van der Waals surface area contributed by atoms with Crippen molar-refractivity contribution in [2.45, 2.75) is 26.3 Å². The zero-order valence-corrected chi connectivity index (χ0v) is 18.8. The van der Waals surface area contributed by atoms with Gasteiger partial charge in [0.15, 0.2) is 0 Å². The summed E-state index contributed by atoms with van der Waals surface area (Å²) in [6.07, 6.45) is 3.45. The van der Waals surface area contributed by atoms with Crippen LogP contribution in [0.2, 0.25) is 0 Å². The minimum atomic E-state index is -3.44. The fourth-order valence-electron chi connectivity index (χ4n) is 3.16. The van der Waals surface area contributed by atoms with E-state index in [4.69, 9.17) is 4.74 Å².